The minimum Gasteiger partial charge on any atom is -0.308 e. The number of halogens is 3. The van der Waals surface area contributed by atoms with Crippen LogP contribution >= 0.6 is 0 Å². The summed E-state index contributed by atoms with van der Waals surface area (Å²) in [5.41, 5.74) is 12.9. The molecule has 2 aromatic heterocycles. The smallest absolute Gasteiger partial charge is 0.308 e. The maximum absolute atomic E-state index is 14.9. The van der Waals surface area contributed by atoms with Crippen LogP contribution in [0, 0.1) is 25.2 Å². The molecule has 0 atom stereocenters. The van der Waals surface area contributed by atoms with Crippen molar-refractivity contribution in [3.63, 3.8) is 0 Å². The number of allylic oxidation sites excluding steroid dienone is 1. The lowest BCUT2D eigenvalue weighted by molar-refractivity contribution is -0.137. The molecule has 294 valence electrons. The van der Waals surface area contributed by atoms with E-state index in [9.17, 15) is 18.4 Å². The van der Waals surface area contributed by atoms with E-state index in [1.54, 1.807) is 0 Å². The van der Waals surface area contributed by atoms with E-state index in [0.29, 0.717) is 39.2 Å². The Balaban J connectivity index is 1.38. The van der Waals surface area contributed by atoms with E-state index >= 15 is 0 Å². The van der Waals surface area contributed by atoms with Gasteiger partial charge in [-0.2, -0.15) is 18.4 Å². The van der Waals surface area contributed by atoms with Crippen molar-refractivity contribution < 1.29 is 13.2 Å². The topological polar surface area (TPSA) is 33.6 Å². The van der Waals surface area contributed by atoms with Crippen LogP contribution in [-0.2, 0) is 6.18 Å². The molecule has 0 unspecified atom stereocenters. The van der Waals surface area contributed by atoms with E-state index in [2.05, 4.69) is 108 Å². The summed E-state index contributed by atoms with van der Waals surface area (Å²) in [6, 6.07) is 55.3. The summed E-state index contributed by atoms with van der Waals surface area (Å²) in [5.74, 6) is 0. The third-order valence-electron chi connectivity index (χ3n) is 12.0. The standard InChI is InChI=1S/C55H38F3N3/c1-33(2)40-24-23-39(55(56,57)58)31-47(40)54-52(60-48-19-11-9-17-43(48)45-29-37(21-25-50(45)60)41-15-7-5-13-34(41)3)27-36(32-59)28-53(54)61-49-20-12-10-18-44(49)46-30-38(22-26-51(46)61)42-16-8-6-14-35(42)4/h5-31H,1H2,2-4H3. The molecule has 0 saturated carbocycles. The van der Waals surface area contributed by atoms with Crippen molar-refractivity contribution in [3.8, 4) is 50.8 Å². The minimum absolute atomic E-state index is 0.363. The summed E-state index contributed by atoms with van der Waals surface area (Å²) < 4.78 is 48.8. The molecule has 6 heteroatoms. The highest BCUT2D eigenvalue weighted by Gasteiger charge is 2.33. The number of nitrogens with zero attached hydrogens (tertiary/aromatic N) is 3. The highest BCUT2D eigenvalue weighted by molar-refractivity contribution is 6.13. The van der Waals surface area contributed by atoms with Gasteiger partial charge in [-0.1, -0.05) is 115 Å². The number of nitriles is 1. The van der Waals surface area contributed by atoms with Crippen LogP contribution in [-0.4, -0.2) is 9.13 Å². The van der Waals surface area contributed by atoms with E-state index in [0.717, 1.165) is 83.1 Å². The fraction of sp³-hybridized carbons (Fsp3) is 0.0727. The van der Waals surface area contributed by atoms with E-state index < -0.39 is 11.7 Å². The summed E-state index contributed by atoms with van der Waals surface area (Å²) in [6.07, 6.45) is -4.62. The van der Waals surface area contributed by atoms with Crippen LogP contribution in [0.25, 0.3) is 93.9 Å². The second-order valence-corrected chi connectivity index (χ2v) is 15.8. The van der Waals surface area contributed by atoms with Gasteiger partial charge in [0.15, 0.2) is 0 Å². The largest absolute Gasteiger partial charge is 0.416 e. The monoisotopic (exact) mass is 797 g/mol. The Morgan fingerprint density at radius 3 is 1.44 bits per heavy atom. The number of aromatic nitrogens is 2. The van der Waals surface area contributed by atoms with E-state index in [1.165, 1.54) is 12.1 Å². The first-order chi connectivity index (χ1) is 29.5. The van der Waals surface area contributed by atoms with Crippen LogP contribution in [0.4, 0.5) is 13.2 Å². The number of rotatable bonds is 6. The highest BCUT2D eigenvalue weighted by Crippen LogP contribution is 2.47. The molecule has 2 heterocycles. The number of hydrogen-bond donors (Lipinski definition) is 0. The highest BCUT2D eigenvalue weighted by atomic mass is 19.4. The van der Waals surface area contributed by atoms with Crippen molar-refractivity contribution in [2.45, 2.75) is 26.9 Å². The van der Waals surface area contributed by atoms with Gasteiger partial charge in [0.2, 0.25) is 0 Å². The van der Waals surface area contributed by atoms with Gasteiger partial charge in [0, 0.05) is 27.1 Å². The molecule has 8 aromatic carbocycles. The Morgan fingerprint density at radius 2 is 0.984 bits per heavy atom. The van der Waals surface area contributed by atoms with Crippen molar-refractivity contribution in [1.29, 1.82) is 5.26 Å². The predicted molar refractivity (Wildman–Crippen MR) is 245 cm³/mol. The molecule has 10 rings (SSSR count). The molecule has 0 amide bonds. The van der Waals surface area contributed by atoms with Gasteiger partial charge in [0.1, 0.15) is 0 Å². The summed E-state index contributed by atoms with van der Waals surface area (Å²) in [7, 11) is 0. The fourth-order valence-corrected chi connectivity index (χ4v) is 9.20. The van der Waals surface area contributed by atoms with Crippen molar-refractivity contribution in [2.24, 2.45) is 0 Å². The van der Waals surface area contributed by atoms with E-state index in [4.69, 9.17) is 0 Å². The number of para-hydroxylation sites is 2. The van der Waals surface area contributed by atoms with Crippen LogP contribution in [0.3, 0.4) is 0 Å². The molecule has 0 spiro atoms. The Morgan fingerprint density at radius 1 is 0.525 bits per heavy atom. The van der Waals surface area contributed by atoms with Gasteiger partial charge in [0.25, 0.3) is 0 Å². The Kier molecular flexibility index (Phi) is 8.82. The summed E-state index contributed by atoms with van der Waals surface area (Å²) in [6.45, 7) is 10.3. The molecular formula is C55H38F3N3. The zero-order valence-corrected chi connectivity index (χ0v) is 33.8. The normalized spacial score (nSPS) is 11.8. The number of benzene rings is 8. The molecule has 3 nitrogen and oxygen atoms in total. The summed E-state index contributed by atoms with van der Waals surface area (Å²) in [4.78, 5) is 0. The van der Waals surface area contributed by atoms with Gasteiger partial charge in [-0.05, 0) is 126 Å². The lowest BCUT2D eigenvalue weighted by Gasteiger charge is -2.23. The van der Waals surface area contributed by atoms with Gasteiger partial charge in [-0.3, -0.25) is 0 Å². The molecular weight excluding hydrogens is 760 g/mol. The number of hydrogen-bond acceptors (Lipinski definition) is 1. The third kappa shape index (κ3) is 6.12. The molecule has 0 radical (unpaired) electrons. The Hall–Kier alpha value is -7.62. The molecule has 0 aliphatic rings. The van der Waals surface area contributed by atoms with E-state index in [1.807, 2.05) is 79.7 Å². The zero-order chi connectivity index (χ0) is 42.2. The molecule has 0 bridgehead atoms. The number of alkyl halides is 3. The van der Waals surface area contributed by atoms with Crippen LogP contribution in [0.2, 0.25) is 0 Å². The molecule has 61 heavy (non-hydrogen) atoms. The average molecular weight is 798 g/mol. The molecule has 0 aliphatic heterocycles. The molecule has 0 saturated heterocycles. The quantitative estimate of drug-likeness (QED) is 0.165. The van der Waals surface area contributed by atoms with Crippen molar-refractivity contribution in [2.75, 3.05) is 0 Å². The van der Waals surface area contributed by atoms with E-state index in [-0.39, 0.29) is 0 Å². The summed E-state index contributed by atoms with van der Waals surface area (Å²) in [5, 5.41) is 14.8. The van der Waals surface area contributed by atoms with Gasteiger partial charge in [-0.25, -0.2) is 0 Å². The second kappa shape index (κ2) is 14.3. The number of aryl methyl sites for hydroxylation is 2. The molecule has 10 aromatic rings. The maximum atomic E-state index is 14.9. The predicted octanol–water partition coefficient (Wildman–Crippen LogP) is 15.4. The zero-order valence-electron chi connectivity index (χ0n) is 33.8. The first-order valence-corrected chi connectivity index (χ1v) is 20.2. The SMILES string of the molecule is C=C(C)c1ccc(C(F)(F)F)cc1-c1c(-n2c3ccccc3c3cc(-c4ccccc4C)ccc32)cc(C#N)cc1-n1c2ccccc2c2cc(-c3ccccc3C)ccc21. The van der Waals surface area contributed by atoms with Crippen LogP contribution in [0.5, 0.6) is 0 Å². The number of fused-ring (bicyclic) bond motifs is 6. The van der Waals surface area contributed by atoms with Crippen LogP contribution in [0.1, 0.15) is 34.7 Å². The van der Waals surface area contributed by atoms with Crippen LogP contribution < -0.4 is 0 Å². The van der Waals surface area contributed by atoms with Crippen molar-refractivity contribution in [1.82, 2.24) is 9.13 Å². The Labute approximate surface area is 351 Å². The van der Waals surface area contributed by atoms with Gasteiger partial charge in [-0.15, -0.1) is 0 Å². The average Bonchev–Trinajstić information content (AvgIpc) is 3.78. The molecule has 0 aliphatic carbocycles. The van der Waals surface area contributed by atoms with Crippen molar-refractivity contribution >= 4 is 49.2 Å². The third-order valence-corrected chi connectivity index (χ3v) is 12.0. The lowest BCUT2D eigenvalue weighted by Crippen LogP contribution is -2.09. The second-order valence-electron chi connectivity index (χ2n) is 15.8. The molecule has 0 fully saturated rings. The van der Waals surface area contributed by atoms with Gasteiger partial charge in [0.05, 0.1) is 50.6 Å². The minimum atomic E-state index is -4.62. The van der Waals surface area contributed by atoms with Gasteiger partial charge < -0.3 is 9.13 Å². The Bertz CT molecular complexity index is 3300. The first kappa shape index (κ1) is 37.6. The maximum Gasteiger partial charge on any atom is 0.416 e. The summed E-state index contributed by atoms with van der Waals surface area (Å²) >= 11 is 0. The lowest BCUT2D eigenvalue weighted by atomic mass is 9.90. The molecule has 0 N–H and O–H groups in total. The van der Waals surface area contributed by atoms with Crippen LogP contribution in [0.15, 0.2) is 170 Å². The van der Waals surface area contributed by atoms with Gasteiger partial charge >= 0.3 is 6.18 Å². The first-order valence-electron chi connectivity index (χ1n) is 20.2. The van der Waals surface area contributed by atoms with Crippen molar-refractivity contribution in [3.05, 3.63) is 198 Å². The fourth-order valence-electron chi connectivity index (χ4n) is 9.20.